The fourth-order valence-electron chi connectivity index (χ4n) is 1.38. The summed E-state index contributed by atoms with van der Waals surface area (Å²) in [5.74, 6) is -0.401. The van der Waals surface area contributed by atoms with E-state index in [-0.39, 0.29) is 29.3 Å². The van der Waals surface area contributed by atoms with Crippen LogP contribution in [0.15, 0.2) is 18.2 Å². The van der Waals surface area contributed by atoms with Crippen LogP contribution in [-0.2, 0) is 4.79 Å². The van der Waals surface area contributed by atoms with Crippen molar-refractivity contribution in [3.05, 3.63) is 28.3 Å². The zero-order valence-corrected chi connectivity index (χ0v) is 11.0. The number of methoxy groups -OCH3 is 1. The topological polar surface area (TPSA) is 107 Å². The van der Waals surface area contributed by atoms with Crippen molar-refractivity contribution in [3.8, 4) is 5.75 Å². The number of hydrogen-bond acceptors (Lipinski definition) is 5. The molecule has 0 aromatic heterocycles. The van der Waals surface area contributed by atoms with Crippen LogP contribution >= 0.6 is 0 Å². The molecule has 2 unspecified atom stereocenters. The number of carbonyl (C=O) groups is 1. The van der Waals surface area contributed by atoms with E-state index < -0.39 is 4.92 Å². The molecule has 0 aliphatic carbocycles. The fourth-order valence-corrected chi connectivity index (χ4v) is 1.38. The summed E-state index contributed by atoms with van der Waals surface area (Å²) in [5.41, 5.74) is 5.92. The fraction of sp³-hybridized carbons (Fsp3) is 0.417. The predicted molar refractivity (Wildman–Crippen MR) is 71.1 cm³/mol. The minimum atomic E-state index is -0.529. The Labute approximate surface area is 110 Å². The molecule has 0 saturated carbocycles. The number of ether oxygens (including phenoxy) is 1. The first kappa shape index (κ1) is 14.9. The molecule has 19 heavy (non-hydrogen) atoms. The molecule has 0 bridgehead atoms. The highest BCUT2D eigenvalue weighted by molar-refractivity contribution is 5.94. The lowest BCUT2D eigenvalue weighted by molar-refractivity contribution is -0.384. The van der Waals surface area contributed by atoms with Crippen LogP contribution < -0.4 is 15.8 Å². The van der Waals surface area contributed by atoms with E-state index >= 15 is 0 Å². The van der Waals surface area contributed by atoms with Gasteiger partial charge in [-0.15, -0.1) is 0 Å². The normalized spacial score (nSPS) is 13.5. The summed E-state index contributed by atoms with van der Waals surface area (Å²) < 4.78 is 5.03. The first-order valence-corrected chi connectivity index (χ1v) is 5.75. The number of nitrogens with zero attached hydrogens (tertiary/aromatic N) is 1. The first-order chi connectivity index (χ1) is 8.86. The molecule has 3 N–H and O–H groups in total. The van der Waals surface area contributed by atoms with Crippen LogP contribution in [0.5, 0.6) is 5.75 Å². The van der Waals surface area contributed by atoms with E-state index in [0.29, 0.717) is 5.69 Å². The standard InChI is InChI=1S/C12H17N3O4/c1-7(8(2)13)12(16)14-10-5-4-9(15(17)18)6-11(10)19-3/h4-8H,13H2,1-3H3,(H,14,16). The zero-order valence-electron chi connectivity index (χ0n) is 11.0. The van der Waals surface area contributed by atoms with Crippen molar-refractivity contribution < 1.29 is 14.5 Å². The number of nitrogens with one attached hydrogen (secondary N) is 1. The number of amides is 1. The second-order valence-electron chi connectivity index (χ2n) is 4.28. The molecule has 104 valence electrons. The van der Waals surface area contributed by atoms with Crippen LogP contribution in [0.4, 0.5) is 11.4 Å². The molecular weight excluding hydrogens is 250 g/mol. The molecule has 1 aromatic rings. The number of nitro benzene ring substituents is 1. The molecule has 2 atom stereocenters. The molecule has 0 aliphatic rings. The van der Waals surface area contributed by atoms with E-state index in [4.69, 9.17) is 10.5 Å². The van der Waals surface area contributed by atoms with Crippen LogP contribution in [0.3, 0.4) is 0 Å². The number of nitrogens with two attached hydrogens (primary N) is 1. The summed E-state index contributed by atoms with van der Waals surface area (Å²) in [5, 5.41) is 13.3. The van der Waals surface area contributed by atoms with Gasteiger partial charge in [0.1, 0.15) is 5.75 Å². The number of non-ortho nitro benzene ring substituents is 1. The molecule has 0 aliphatic heterocycles. The van der Waals surface area contributed by atoms with Crippen molar-refractivity contribution in [1.82, 2.24) is 0 Å². The molecule has 0 spiro atoms. The smallest absolute Gasteiger partial charge is 0.273 e. The van der Waals surface area contributed by atoms with Crippen LogP contribution in [0, 0.1) is 16.0 Å². The van der Waals surface area contributed by atoms with Gasteiger partial charge in [-0.25, -0.2) is 0 Å². The lowest BCUT2D eigenvalue weighted by Gasteiger charge is -2.16. The van der Waals surface area contributed by atoms with Crippen LogP contribution in [0.1, 0.15) is 13.8 Å². The second kappa shape index (κ2) is 6.14. The summed E-state index contributed by atoms with van der Waals surface area (Å²) in [6.07, 6.45) is 0. The highest BCUT2D eigenvalue weighted by atomic mass is 16.6. The van der Waals surface area contributed by atoms with Gasteiger partial charge in [0.05, 0.1) is 29.7 Å². The largest absolute Gasteiger partial charge is 0.494 e. The summed E-state index contributed by atoms with van der Waals surface area (Å²) in [4.78, 5) is 22.0. The Balaban J connectivity index is 2.95. The monoisotopic (exact) mass is 267 g/mol. The Hall–Kier alpha value is -2.15. The van der Waals surface area contributed by atoms with Gasteiger partial charge in [0, 0.05) is 12.1 Å². The van der Waals surface area contributed by atoms with Gasteiger partial charge in [0.2, 0.25) is 5.91 Å². The van der Waals surface area contributed by atoms with E-state index in [9.17, 15) is 14.9 Å². The Bertz CT molecular complexity index is 488. The quantitative estimate of drug-likeness (QED) is 0.621. The number of carbonyl (C=O) groups excluding carboxylic acids is 1. The number of anilines is 1. The van der Waals surface area contributed by atoms with Crippen LogP contribution in [-0.4, -0.2) is 24.0 Å². The summed E-state index contributed by atoms with van der Waals surface area (Å²) in [7, 11) is 1.38. The molecular formula is C12H17N3O4. The molecule has 0 fully saturated rings. The van der Waals surface area contributed by atoms with Crippen LogP contribution in [0.2, 0.25) is 0 Å². The van der Waals surface area contributed by atoms with Crippen molar-refractivity contribution in [2.75, 3.05) is 12.4 Å². The number of rotatable bonds is 5. The maximum atomic E-state index is 11.9. The number of hydrogen-bond donors (Lipinski definition) is 2. The van der Waals surface area contributed by atoms with Gasteiger partial charge in [0.25, 0.3) is 5.69 Å². The summed E-state index contributed by atoms with van der Waals surface area (Å²) in [6.45, 7) is 3.44. The molecule has 1 rings (SSSR count). The first-order valence-electron chi connectivity index (χ1n) is 5.75. The highest BCUT2D eigenvalue weighted by Crippen LogP contribution is 2.29. The Morgan fingerprint density at radius 3 is 2.58 bits per heavy atom. The van der Waals surface area contributed by atoms with Gasteiger partial charge in [0.15, 0.2) is 0 Å². The maximum Gasteiger partial charge on any atom is 0.273 e. The average Bonchev–Trinajstić information content (AvgIpc) is 2.37. The molecule has 0 saturated heterocycles. The third-order valence-corrected chi connectivity index (χ3v) is 2.86. The molecule has 0 radical (unpaired) electrons. The summed E-state index contributed by atoms with van der Waals surface area (Å²) in [6, 6.07) is 3.70. The van der Waals surface area contributed by atoms with Gasteiger partial charge in [-0.1, -0.05) is 6.92 Å². The zero-order chi connectivity index (χ0) is 14.6. The minimum absolute atomic E-state index is 0.102. The number of nitro groups is 1. The van der Waals surface area contributed by atoms with E-state index in [0.717, 1.165) is 0 Å². The van der Waals surface area contributed by atoms with E-state index in [1.165, 1.54) is 25.3 Å². The van der Waals surface area contributed by atoms with Gasteiger partial charge in [-0.2, -0.15) is 0 Å². The van der Waals surface area contributed by atoms with E-state index in [1.807, 2.05) is 0 Å². The van der Waals surface area contributed by atoms with Crippen molar-refractivity contribution >= 4 is 17.3 Å². The summed E-state index contributed by atoms with van der Waals surface area (Å²) >= 11 is 0. The lowest BCUT2D eigenvalue weighted by atomic mass is 10.0. The van der Waals surface area contributed by atoms with Gasteiger partial charge < -0.3 is 15.8 Å². The van der Waals surface area contributed by atoms with Gasteiger partial charge in [-0.05, 0) is 13.0 Å². The van der Waals surface area contributed by atoms with Crippen molar-refractivity contribution in [2.45, 2.75) is 19.9 Å². The Morgan fingerprint density at radius 2 is 2.11 bits per heavy atom. The molecule has 7 nitrogen and oxygen atoms in total. The number of benzene rings is 1. The second-order valence-corrected chi connectivity index (χ2v) is 4.28. The van der Waals surface area contributed by atoms with Gasteiger partial charge in [-0.3, -0.25) is 14.9 Å². The molecule has 7 heteroatoms. The lowest BCUT2D eigenvalue weighted by Crippen LogP contribution is -2.34. The average molecular weight is 267 g/mol. The SMILES string of the molecule is COc1cc([N+](=O)[O-])ccc1NC(=O)C(C)C(C)N. The Morgan fingerprint density at radius 1 is 1.47 bits per heavy atom. The van der Waals surface area contributed by atoms with Crippen molar-refractivity contribution in [3.63, 3.8) is 0 Å². The van der Waals surface area contributed by atoms with Gasteiger partial charge >= 0.3 is 0 Å². The van der Waals surface area contributed by atoms with Crippen LogP contribution in [0.25, 0.3) is 0 Å². The third-order valence-electron chi connectivity index (χ3n) is 2.86. The maximum absolute atomic E-state index is 11.9. The molecule has 1 amide bonds. The molecule has 1 aromatic carbocycles. The third kappa shape index (κ3) is 3.65. The minimum Gasteiger partial charge on any atom is -0.494 e. The molecule has 0 heterocycles. The predicted octanol–water partition coefficient (Wildman–Crippen LogP) is 1.53. The van der Waals surface area contributed by atoms with E-state index in [2.05, 4.69) is 5.32 Å². The van der Waals surface area contributed by atoms with E-state index in [1.54, 1.807) is 13.8 Å². The van der Waals surface area contributed by atoms with Crippen molar-refractivity contribution in [1.29, 1.82) is 0 Å². The highest BCUT2D eigenvalue weighted by Gasteiger charge is 2.19. The Kier molecular flexibility index (Phi) is 4.82. The van der Waals surface area contributed by atoms with Crippen molar-refractivity contribution in [2.24, 2.45) is 11.7 Å².